The van der Waals surface area contributed by atoms with E-state index < -0.39 is 0 Å². The lowest BCUT2D eigenvalue weighted by Gasteiger charge is -2.35. The molecule has 0 bridgehead atoms. The van der Waals surface area contributed by atoms with Crippen LogP contribution >= 0.6 is 0 Å². The molecule has 1 saturated heterocycles. The molecule has 5 nitrogen and oxygen atoms in total. The van der Waals surface area contributed by atoms with Crippen LogP contribution in [0.2, 0.25) is 0 Å². The molecule has 0 radical (unpaired) electrons. The Kier molecular flexibility index (Phi) is 4.49. The summed E-state index contributed by atoms with van der Waals surface area (Å²) in [4.78, 5) is 15.4. The zero-order chi connectivity index (χ0) is 14.7. The number of amides is 1. The van der Waals surface area contributed by atoms with E-state index in [1.165, 1.54) is 0 Å². The molecule has 1 aromatic carbocycles. The number of benzene rings is 1. The van der Waals surface area contributed by atoms with Gasteiger partial charge in [0.1, 0.15) is 5.75 Å². The Hall–Kier alpha value is -1.75. The number of phenols is 1. The van der Waals surface area contributed by atoms with Gasteiger partial charge >= 0.3 is 0 Å². The van der Waals surface area contributed by atoms with E-state index in [1.807, 2.05) is 37.1 Å². The minimum atomic E-state index is 0.124. The average molecular weight is 277 g/mol. The molecule has 1 unspecified atom stereocenters. The van der Waals surface area contributed by atoms with Gasteiger partial charge < -0.3 is 20.2 Å². The maximum Gasteiger partial charge on any atom is 0.219 e. The van der Waals surface area contributed by atoms with Gasteiger partial charge in [0.05, 0.1) is 0 Å². The molecule has 0 spiro atoms. The summed E-state index contributed by atoms with van der Waals surface area (Å²) in [6.45, 7) is 6.71. The fourth-order valence-electron chi connectivity index (χ4n) is 2.53. The number of carbonyl (C=O) groups is 1. The number of hydrogen-bond acceptors (Lipinski definition) is 4. The lowest BCUT2D eigenvalue weighted by atomic mass is 10.1. The van der Waals surface area contributed by atoms with Crippen molar-refractivity contribution in [2.75, 3.05) is 38.1 Å². The van der Waals surface area contributed by atoms with Gasteiger partial charge in [-0.2, -0.15) is 0 Å². The van der Waals surface area contributed by atoms with Crippen molar-refractivity contribution in [2.24, 2.45) is 0 Å². The van der Waals surface area contributed by atoms with E-state index >= 15 is 0 Å². The third kappa shape index (κ3) is 3.04. The third-order valence-corrected chi connectivity index (χ3v) is 4.00. The highest BCUT2D eigenvalue weighted by atomic mass is 16.3. The topological polar surface area (TPSA) is 55.8 Å². The molecule has 5 heteroatoms. The summed E-state index contributed by atoms with van der Waals surface area (Å²) < 4.78 is 0. The number of hydrogen-bond donors (Lipinski definition) is 2. The van der Waals surface area contributed by atoms with E-state index in [-0.39, 0.29) is 11.9 Å². The number of rotatable bonds is 3. The molecule has 1 aliphatic rings. The predicted octanol–water partition coefficient (Wildman–Crippen LogP) is 1.34. The number of aromatic hydroxyl groups is 1. The van der Waals surface area contributed by atoms with Crippen LogP contribution in [0.4, 0.5) is 5.69 Å². The minimum Gasteiger partial charge on any atom is -0.508 e. The van der Waals surface area contributed by atoms with Crippen molar-refractivity contribution in [3.8, 4) is 5.75 Å². The fraction of sp³-hybridized carbons (Fsp3) is 0.533. The predicted molar refractivity (Wildman–Crippen MR) is 80.0 cm³/mol. The Morgan fingerprint density at radius 2 is 1.95 bits per heavy atom. The molecule has 1 atom stereocenters. The van der Waals surface area contributed by atoms with E-state index in [0.717, 1.165) is 37.4 Å². The maximum absolute atomic E-state index is 11.3. The van der Waals surface area contributed by atoms with Crippen molar-refractivity contribution in [3.05, 3.63) is 23.8 Å². The van der Waals surface area contributed by atoms with Gasteiger partial charge in [-0.25, -0.2) is 0 Å². The number of piperazine rings is 1. The molecule has 1 amide bonds. The van der Waals surface area contributed by atoms with Gasteiger partial charge in [-0.05, 0) is 20.0 Å². The van der Waals surface area contributed by atoms with E-state index in [0.29, 0.717) is 5.75 Å². The molecule has 2 N–H and O–H groups in total. The number of nitrogens with one attached hydrogen (secondary N) is 1. The first-order valence-corrected chi connectivity index (χ1v) is 7.03. The Labute approximate surface area is 120 Å². The van der Waals surface area contributed by atoms with Gasteiger partial charge in [0.2, 0.25) is 5.91 Å². The van der Waals surface area contributed by atoms with E-state index in [4.69, 9.17) is 0 Å². The standard InChI is InChI=1S/C15H23N3O2/c1-11(16-3)14-5-4-13(10-15(14)20)18-8-6-17(7-9-18)12(2)19/h4-5,10-11,16,20H,6-9H2,1-3H3. The third-order valence-electron chi connectivity index (χ3n) is 4.00. The Morgan fingerprint density at radius 1 is 1.30 bits per heavy atom. The van der Waals surface area contributed by atoms with Gasteiger partial charge in [0.15, 0.2) is 0 Å². The number of carbonyl (C=O) groups excluding carboxylic acids is 1. The van der Waals surface area contributed by atoms with Crippen LogP contribution in [-0.4, -0.2) is 49.1 Å². The van der Waals surface area contributed by atoms with Crippen LogP contribution in [0.5, 0.6) is 5.75 Å². The molecule has 20 heavy (non-hydrogen) atoms. The van der Waals surface area contributed by atoms with Gasteiger partial charge in [-0.3, -0.25) is 4.79 Å². The Bertz CT molecular complexity index is 482. The number of anilines is 1. The number of phenolic OH excluding ortho intramolecular Hbond substituents is 1. The molecule has 110 valence electrons. The zero-order valence-corrected chi connectivity index (χ0v) is 12.4. The maximum atomic E-state index is 11.3. The van der Waals surface area contributed by atoms with Crippen LogP contribution in [0.25, 0.3) is 0 Å². The summed E-state index contributed by atoms with van der Waals surface area (Å²) in [6.07, 6.45) is 0. The van der Waals surface area contributed by atoms with Crippen molar-refractivity contribution in [1.82, 2.24) is 10.2 Å². The first-order valence-electron chi connectivity index (χ1n) is 7.03. The van der Waals surface area contributed by atoms with Crippen LogP contribution < -0.4 is 10.2 Å². The van der Waals surface area contributed by atoms with Gasteiger partial charge in [0, 0.05) is 56.5 Å². The normalized spacial score (nSPS) is 17.1. The first kappa shape index (κ1) is 14.7. The van der Waals surface area contributed by atoms with Crippen molar-refractivity contribution in [2.45, 2.75) is 19.9 Å². The van der Waals surface area contributed by atoms with Crippen LogP contribution in [0.3, 0.4) is 0 Å². The lowest BCUT2D eigenvalue weighted by molar-refractivity contribution is -0.129. The van der Waals surface area contributed by atoms with Crippen molar-refractivity contribution in [1.29, 1.82) is 0 Å². The average Bonchev–Trinajstić information content (AvgIpc) is 2.46. The summed E-state index contributed by atoms with van der Waals surface area (Å²) in [7, 11) is 1.87. The molecule has 1 aromatic rings. The summed E-state index contributed by atoms with van der Waals surface area (Å²) in [5, 5.41) is 13.3. The van der Waals surface area contributed by atoms with Crippen LogP contribution in [-0.2, 0) is 4.79 Å². The fourth-order valence-corrected chi connectivity index (χ4v) is 2.53. The molecular weight excluding hydrogens is 254 g/mol. The largest absolute Gasteiger partial charge is 0.508 e. The Morgan fingerprint density at radius 3 is 2.45 bits per heavy atom. The monoisotopic (exact) mass is 277 g/mol. The second-order valence-corrected chi connectivity index (χ2v) is 5.25. The lowest BCUT2D eigenvalue weighted by Crippen LogP contribution is -2.48. The first-order chi connectivity index (χ1) is 9.52. The minimum absolute atomic E-state index is 0.124. The smallest absolute Gasteiger partial charge is 0.219 e. The van der Waals surface area contributed by atoms with E-state index in [2.05, 4.69) is 10.2 Å². The van der Waals surface area contributed by atoms with Crippen LogP contribution in [0.15, 0.2) is 18.2 Å². The van der Waals surface area contributed by atoms with Crippen molar-refractivity contribution < 1.29 is 9.90 Å². The quantitative estimate of drug-likeness (QED) is 0.875. The molecule has 1 fully saturated rings. The molecule has 1 aliphatic heterocycles. The molecular formula is C15H23N3O2. The highest BCUT2D eigenvalue weighted by molar-refractivity contribution is 5.73. The summed E-state index contributed by atoms with van der Waals surface area (Å²) in [5.41, 5.74) is 1.91. The second kappa shape index (κ2) is 6.13. The highest BCUT2D eigenvalue weighted by Gasteiger charge is 2.19. The van der Waals surface area contributed by atoms with Gasteiger partial charge in [0.25, 0.3) is 0 Å². The molecule has 0 aromatic heterocycles. The van der Waals surface area contributed by atoms with Crippen molar-refractivity contribution in [3.63, 3.8) is 0 Å². The molecule has 2 rings (SSSR count). The van der Waals surface area contributed by atoms with Crippen molar-refractivity contribution >= 4 is 11.6 Å². The zero-order valence-electron chi connectivity index (χ0n) is 12.4. The van der Waals surface area contributed by atoms with E-state index in [1.54, 1.807) is 6.92 Å². The van der Waals surface area contributed by atoms with Gasteiger partial charge in [-0.1, -0.05) is 6.07 Å². The molecule has 1 heterocycles. The summed E-state index contributed by atoms with van der Waals surface area (Å²) in [6, 6.07) is 5.93. The SMILES string of the molecule is CNC(C)c1ccc(N2CCN(C(C)=O)CC2)cc1O. The van der Waals surface area contributed by atoms with Gasteiger partial charge in [-0.15, -0.1) is 0 Å². The van der Waals surface area contributed by atoms with E-state index in [9.17, 15) is 9.90 Å². The van der Waals surface area contributed by atoms with Crippen LogP contribution in [0.1, 0.15) is 25.5 Å². The molecule has 0 aliphatic carbocycles. The summed E-state index contributed by atoms with van der Waals surface area (Å²) >= 11 is 0. The summed E-state index contributed by atoms with van der Waals surface area (Å²) in [5.74, 6) is 0.448. The number of nitrogens with zero attached hydrogens (tertiary/aromatic N) is 2. The highest BCUT2D eigenvalue weighted by Crippen LogP contribution is 2.29. The molecule has 0 saturated carbocycles. The second-order valence-electron chi connectivity index (χ2n) is 5.25. The Balaban J connectivity index is 2.07. The van der Waals surface area contributed by atoms with Crippen LogP contribution in [0, 0.1) is 0 Å².